The van der Waals surface area contributed by atoms with Gasteiger partial charge in [0.1, 0.15) is 11.9 Å². The van der Waals surface area contributed by atoms with E-state index in [0.717, 1.165) is 23.5 Å². The highest BCUT2D eigenvalue weighted by atomic mass is 16.5. The lowest BCUT2D eigenvalue weighted by molar-refractivity contribution is -0.135. The maximum atomic E-state index is 13.3. The molecular formula is C22H30N4O3. The molecule has 1 saturated heterocycles. The van der Waals surface area contributed by atoms with Crippen LogP contribution < -0.4 is 5.32 Å². The van der Waals surface area contributed by atoms with E-state index in [1.807, 2.05) is 24.9 Å². The van der Waals surface area contributed by atoms with Crippen LogP contribution in [0.2, 0.25) is 0 Å². The van der Waals surface area contributed by atoms with Crippen molar-refractivity contribution in [2.24, 2.45) is 11.8 Å². The highest BCUT2D eigenvalue weighted by Crippen LogP contribution is 2.35. The number of imidazole rings is 1. The number of likely N-dealkylation sites (tertiary alicyclic amines) is 1. The number of carbonyl (C=O) groups excluding carboxylic acids is 2. The van der Waals surface area contributed by atoms with Crippen molar-refractivity contribution in [1.82, 2.24) is 20.2 Å². The summed E-state index contributed by atoms with van der Waals surface area (Å²) in [6.07, 6.45) is 2.05. The lowest BCUT2D eigenvalue weighted by Crippen LogP contribution is -2.51. The van der Waals surface area contributed by atoms with Crippen LogP contribution in [0.15, 0.2) is 30.5 Å². The molecule has 1 aliphatic rings. The average molecular weight is 399 g/mol. The Morgan fingerprint density at radius 2 is 1.97 bits per heavy atom. The van der Waals surface area contributed by atoms with Gasteiger partial charge in [0, 0.05) is 6.54 Å². The minimum Gasteiger partial charge on any atom is -0.453 e. The van der Waals surface area contributed by atoms with E-state index < -0.39 is 12.1 Å². The number of amides is 2. The summed E-state index contributed by atoms with van der Waals surface area (Å²) in [6.45, 7) is 8.64. The lowest BCUT2D eigenvalue weighted by atomic mass is 10.0. The van der Waals surface area contributed by atoms with E-state index in [1.165, 1.54) is 12.7 Å². The third kappa shape index (κ3) is 4.60. The molecule has 7 nitrogen and oxygen atoms in total. The molecule has 0 saturated carbocycles. The fraction of sp³-hybridized carbons (Fsp3) is 0.500. The number of aryl methyl sites for hydroxylation is 1. The van der Waals surface area contributed by atoms with Gasteiger partial charge in [0.2, 0.25) is 5.91 Å². The lowest BCUT2D eigenvalue weighted by Gasteiger charge is -2.30. The Morgan fingerprint density at radius 3 is 2.59 bits per heavy atom. The zero-order valence-electron chi connectivity index (χ0n) is 17.7. The number of nitrogens with zero attached hydrogens (tertiary/aromatic N) is 2. The number of benzene rings is 1. The van der Waals surface area contributed by atoms with E-state index in [1.54, 1.807) is 0 Å². The highest BCUT2D eigenvalue weighted by molar-refractivity contribution is 5.86. The number of aromatic nitrogens is 2. The number of rotatable bonds is 5. The van der Waals surface area contributed by atoms with Crippen LogP contribution in [0.3, 0.4) is 0 Å². The molecule has 2 N–H and O–H groups in total. The molecule has 29 heavy (non-hydrogen) atoms. The largest absolute Gasteiger partial charge is 0.453 e. The number of hydrogen-bond acceptors (Lipinski definition) is 4. The Balaban J connectivity index is 1.84. The molecule has 2 amide bonds. The summed E-state index contributed by atoms with van der Waals surface area (Å²) < 4.78 is 4.70. The maximum absolute atomic E-state index is 13.3. The number of aromatic amines is 1. The molecule has 0 aliphatic carbocycles. The van der Waals surface area contributed by atoms with Crippen LogP contribution in [-0.4, -0.2) is 46.6 Å². The van der Waals surface area contributed by atoms with Gasteiger partial charge in [0.15, 0.2) is 0 Å². The van der Waals surface area contributed by atoms with Gasteiger partial charge >= 0.3 is 6.09 Å². The maximum Gasteiger partial charge on any atom is 0.407 e. The Morgan fingerprint density at radius 1 is 1.28 bits per heavy atom. The average Bonchev–Trinajstić information content (AvgIpc) is 3.32. The van der Waals surface area contributed by atoms with Crippen LogP contribution in [0.25, 0.3) is 11.3 Å². The molecule has 1 fully saturated rings. The first-order valence-electron chi connectivity index (χ1n) is 10.1. The first kappa shape index (κ1) is 20.9. The fourth-order valence-corrected chi connectivity index (χ4v) is 3.81. The predicted octanol–water partition coefficient (Wildman–Crippen LogP) is 3.68. The Kier molecular flexibility index (Phi) is 6.25. The van der Waals surface area contributed by atoms with Crippen molar-refractivity contribution in [3.05, 3.63) is 41.9 Å². The zero-order valence-corrected chi connectivity index (χ0v) is 17.7. The second kappa shape index (κ2) is 8.68. The number of carbonyl (C=O) groups is 2. The summed E-state index contributed by atoms with van der Waals surface area (Å²) in [7, 11) is 1.30. The third-order valence-electron chi connectivity index (χ3n) is 5.46. The molecule has 3 atom stereocenters. The molecule has 1 aromatic heterocycles. The Hall–Kier alpha value is -2.83. The predicted molar refractivity (Wildman–Crippen MR) is 111 cm³/mol. The number of nitrogens with one attached hydrogen (secondary N) is 2. The standard InChI is InChI=1S/C22H30N4O3/c1-13(2)19(25-22(28)29-5)21(27)26-12-15(4)10-18(26)20-23-11-17(24-20)16-8-6-14(3)7-9-16/h6-9,11,13,15,18-19H,10,12H2,1-5H3,(H,23,24)(H,25,28)/t15-,18-,19-/m0/s1. The molecule has 0 spiro atoms. The first-order valence-corrected chi connectivity index (χ1v) is 10.1. The molecule has 1 aliphatic heterocycles. The van der Waals surface area contributed by atoms with Crippen LogP contribution in [0.4, 0.5) is 4.79 Å². The van der Waals surface area contributed by atoms with Crippen molar-refractivity contribution in [2.45, 2.75) is 46.2 Å². The van der Waals surface area contributed by atoms with Gasteiger partial charge in [0.25, 0.3) is 0 Å². The molecule has 7 heteroatoms. The Labute approximate surface area is 171 Å². The van der Waals surface area contributed by atoms with Gasteiger partial charge in [-0.2, -0.15) is 0 Å². The quantitative estimate of drug-likeness (QED) is 0.804. The van der Waals surface area contributed by atoms with E-state index in [4.69, 9.17) is 4.74 Å². The van der Waals surface area contributed by atoms with E-state index >= 15 is 0 Å². The van der Waals surface area contributed by atoms with Gasteiger partial charge < -0.3 is 19.9 Å². The normalized spacial score (nSPS) is 20.0. The number of H-pyrrole nitrogens is 1. The van der Waals surface area contributed by atoms with Gasteiger partial charge in [-0.1, -0.05) is 50.6 Å². The van der Waals surface area contributed by atoms with Gasteiger partial charge in [-0.05, 0) is 30.7 Å². The molecule has 0 bridgehead atoms. The summed E-state index contributed by atoms with van der Waals surface area (Å²) in [6, 6.07) is 7.47. The second-order valence-electron chi connectivity index (χ2n) is 8.25. The summed E-state index contributed by atoms with van der Waals surface area (Å²) >= 11 is 0. The minimum absolute atomic E-state index is 0.0575. The van der Waals surface area contributed by atoms with Crippen molar-refractivity contribution in [3.63, 3.8) is 0 Å². The number of ether oxygens (including phenoxy) is 1. The first-order chi connectivity index (χ1) is 13.8. The molecule has 2 heterocycles. The van der Waals surface area contributed by atoms with Crippen molar-refractivity contribution < 1.29 is 14.3 Å². The molecular weight excluding hydrogens is 368 g/mol. The van der Waals surface area contributed by atoms with Crippen molar-refractivity contribution >= 4 is 12.0 Å². The smallest absolute Gasteiger partial charge is 0.407 e. The minimum atomic E-state index is -0.637. The van der Waals surface area contributed by atoms with E-state index in [2.05, 4.69) is 53.4 Å². The molecule has 156 valence electrons. The van der Waals surface area contributed by atoms with E-state index in [-0.39, 0.29) is 17.9 Å². The van der Waals surface area contributed by atoms with E-state index in [9.17, 15) is 9.59 Å². The summed E-state index contributed by atoms with van der Waals surface area (Å²) in [5, 5.41) is 2.68. The van der Waals surface area contributed by atoms with Gasteiger partial charge in [-0.15, -0.1) is 0 Å². The summed E-state index contributed by atoms with van der Waals surface area (Å²) in [5.74, 6) is 0.965. The number of alkyl carbamates (subject to hydrolysis) is 1. The number of methoxy groups -OCH3 is 1. The van der Waals surface area contributed by atoms with Crippen molar-refractivity contribution in [1.29, 1.82) is 0 Å². The highest BCUT2D eigenvalue weighted by Gasteiger charge is 2.40. The second-order valence-corrected chi connectivity index (χ2v) is 8.25. The van der Waals surface area contributed by atoms with Crippen LogP contribution >= 0.6 is 0 Å². The van der Waals surface area contributed by atoms with Crippen LogP contribution in [-0.2, 0) is 9.53 Å². The summed E-state index contributed by atoms with van der Waals surface area (Å²) in [4.78, 5) is 34.8. The van der Waals surface area contributed by atoms with E-state index in [0.29, 0.717) is 12.5 Å². The topological polar surface area (TPSA) is 87.3 Å². The monoisotopic (exact) mass is 398 g/mol. The fourth-order valence-electron chi connectivity index (χ4n) is 3.81. The van der Waals surface area contributed by atoms with Gasteiger partial charge in [-0.25, -0.2) is 9.78 Å². The Bertz CT molecular complexity index is 859. The van der Waals surface area contributed by atoms with Gasteiger partial charge in [0.05, 0.1) is 25.0 Å². The summed E-state index contributed by atoms with van der Waals surface area (Å²) in [5.41, 5.74) is 3.19. The molecule has 1 aromatic carbocycles. The SMILES string of the molecule is COC(=O)N[C@H](C(=O)N1C[C@@H](C)C[C@H]1c1ncc(-c2ccc(C)cc2)[nH]1)C(C)C. The number of hydrogen-bond donors (Lipinski definition) is 2. The van der Waals surface area contributed by atoms with Crippen molar-refractivity contribution in [2.75, 3.05) is 13.7 Å². The van der Waals surface area contributed by atoms with Crippen molar-refractivity contribution in [3.8, 4) is 11.3 Å². The van der Waals surface area contributed by atoms with Crippen LogP contribution in [0.1, 0.15) is 44.6 Å². The molecule has 0 radical (unpaired) electrons. The molecule has 3 rings (SSSR count). The third-order valence-corrected chi connectivity index (χ3v) is 5.46. The van der Waals surface area contributed by atoms with Crippen LogP contribution in [0, 0.1) is 18.8 Å². The molecule has 0 unspecified atom stereocenters. The van der Waals surface area contributed by atoms with Gasteiger partial charge in [-0.3, -0.25) is 4.79 Å². The zero-order chi connectivity index (χ0) is 21.1. The van der Waals surface area contributed by atoms with Crippen LogP contribution in [0.5, 0.6) is 0 Å². The molecule has 2 aromatic rings.